The van der Waals surface area contributed by atoms with E-state index in [0.29, 0.717) is 12.3 Å². The first-order valence-electron chi connectivity index (χ1n) is 12.6. The minimum absolute atomic E-state index is 0.0276. The van der Waals surface area contributed by atoms with E-state index >= 15 is 0 Å². The van der Waals surface area contributed by atoms with E-state index in [9.17, 15) is 4.79 Å². The lowest BCUT2D eigenvalue weighted by Gasteiger charge is -2.17. The van der Waals surface area contributed by atoms with Crippen LogP contribution in [0.1, 0.15) is 23.5 Å². The van der Waals surface area contributed by atoms with Crippen molar-refractivity contribution < 1.29 is 4.79 Å². The summed E-state index contributed by atoms with van der Waals surface area (Å²) in [5.74, 6) is 1.34. The zero-order valence-corrected chi connectivity index (χ0v) is 20.4. The molecule has 0 saturated carbocycles. The number of nitrogens with one attached hydrogen (secondary N) is 1. The quantitative estimate of drug-likeness (QED) is 0.326. The molecule has 2 aromatic heterocycles. The van der Waals surface area contributed by atoms with E-state index in [2.05, 4.69) is 38.4 Å². The van der Waals surface area contributed by atoms with Crippen molar-refractivity contribution in [3.63, 3.8) is 0 Å². The van der Waals surface area contributed by atoms with Crippen LogP contribution < -0.4 is 10.2 Å². The van der Waals surface area contributed by atoms with E-state index < -0.39 is 0 Å². The van der Waals surface area contributed by atoms with Crippen LogP contribution in [0.25, 0.3) is 22.2 Å². The van der Waals surface area contributed by atoms with Gasteiger partial charge in [0.15, 0.2) is 0 Å². The molecule has 0 aliphatic carbocycles. The van der Waals surface area contributed by atoms with Crippen molar-refractivity contribution in [1.29, 1.82) is 0 Å². The topological polar surface area (TPSA) is 71.0 Å². The van der Waals surface area contributed by atoms with Gasteiger partial charge in [0.1, 0.15) is 5.82 Å². The molecule has 3 heterocycles. The van der Waals surface area contributed by atoms with Crippen molar-refractivity contribution >= 4 is 28.4 Å². The fourth-order valence-electron chi connectivity index (χ4n) is 4.92. The van der Waals surface area contributed by atoms with Gasteiger partial charge in [0, 0.05) is 37.1 Å². The lowest BCUT2D eigenvalue weighted by molar-refractivity contribution is -0.115. The summed E-state index contributed by atoms with van der Waals surface area (Å²) in [6.07, 6.45) is 7.10. The molecule has 1 saturated heterocycles. The van der Waals surface area contributed by atoms with E-state index in [1.165, 1.54) is 5.56 Å². The van der Waals surface area contributed by atoms with Crippen molar-refractivity contribution in [2.24, 2.45) is 0 Å². The molecule has 182 valence electrons. The molecule has 5 aromatic rings. The normalized spacial score (nSPS) is 15.1. The van der Waals surface area contributed by atoms with E-state index in [1.54, 1.807) is 0 Å². The molecule has 37 heavy (non-hydrogen) atoms. The second-order valence-electron chi connectivity index (χ2n) is 9.44. The van der Waals surface area contributed by atoms with E-state index in [0.717, 1.165) is 58.7 Å². The Bertz CT molecular complexity index is 1520. The molecule has 6 nitrogen and oxygen atoms in total. The maximum atomic E-state index is 12.4. The summed E-state index contributed by atoms with van der Waals surface area (Å²) in [5.41, 5.74) is 6.93. The Hall–Kier alpha value is -4.58. The maximum absolute atomic E-state index is 12.4. The van der Waals surface area contributed by atoms with E-state index in [1.807, 2.05) is 85.3 Å². The van der Waals surface area contributed by atoms with Gasteiger partial charge in [-0.25, -0.2) is 4.98 Å². The van der Waals surface area contributed by atoms with Gasteiger partial charge in [0.2, 0.25) is 5.91 Å². The fourth-order valence-corrected chi connectivity index (χ4v) is 4.92. The number of benzene rings is 3. The zero-order chi connectivity index (χ0) is 25.0. The van der Waals surface area contributed by atoms with Crippen LogP contribution >= 0.6 is 0 Å². The van der Waals surface area contributed by atoms with Gasteiger partial charge in [0.25, 0.3) is 0 Å². The van der Waals surface area contributed by atoms with E-state index in [-0.39, 0.29) is 5.91 Å². The van der Waals surface area contributed by atoms with Gasteiger partial charge >= 0.3 is 0 Å². The maximum Gasteiger partial charge on any atom is 0.228 e. The molecule has 6 heteroatoms. The number of rotatable bonds is 6. The number of fused-ring (bicyclic) bond motifs is 1. The lowest BCUT2D eigenvalue weighted by Crippen LogP contribution is -2.20. The molecular weight excluding hydrogens is 458 g/mol. The minimum Gasteiger partial charge on any atom is -0.355 e. The predicted octanol–water partition coefficient (Wildman–Crippen LogP) is 5.87. The van der Waals surface area contributed by atoms with Crippen molar-refractivity contribution in [2.45, 2.75) is 18.8 Å². The van der Waals surface area contributed by atoms with Gasteiger partial charge in [0.05, 0.1) is 23.7 Å². The highest BCUT2D eigenvalue weighted by atomic mass is 16.1. The Morgan fingerprint density at radius 3 is 2.54 bits per heavy atom. The number of amides is 1. The number of carbonyl (C=O) groups is 1. The molecule has 0 radical (unpaired) electrons. The van der Waals surface area contributed by atoms with Crippen LogP contribution in [0, 0.1) is 0 Å². The monoisotopic (exact) mass is 485 g/mol. The Balaban J connectivity index is 1.16. The number of hydrogen-bond acceptors (Lipinski definition) is 5. The molecule has 3 aromatic carbocycles. The van der Waals surface area contributed by atoms with Crippen molar-refractivity contribution in [1.82, 2.24) is 15.0 Å². The highest BCUT2D eigenvalue weighted by Crippen LogP contribution is 2.31. The zero-order valence-electron chi connectivity index (χ0n) is 20.4. The summed E-state index contributed by atoms with van der Waals surface area (Å²) >= 11 is 0. The molecule has 6 rings (SSSR count). The third-order valence-corrected chi connectivity index (χ3v) is 6.91. The standard InChI is InChI=1S/C31H27N5O/c37-31(17-22-5-2-1-3-6-22)34-27-11-8-23(9-12-27)24-10-13-28-29(18-24)35-30(20-33-28)36-16-14-26(21-36)25-7-4-15-32-19-25/h1-13,15,18-20,26H,14,16-17,21H2,(H,34,37). The smallest absolute Gasteiger partial charge is 0.228 e. The Kier molecular flexibility index (Phi) is 6.29. The van der Waals surface area contributed by atoms with Crippen LogP contribution in [0.15, 0.2) is 104 Å². The summed E-state index contributed by atoms with van der Waals surface area (Å²) < 4.78 is 0. The number of nitrogens with zero attached hydrogens (tertiary/aromatic N) is 4. The molecule has 1 aliphatic rings. The highest BCUT2D eigenvalue weighted by molar-refractivity contribution is 5.92. The van der Waals surface area contributed by atoms with Crippen LogP contribution in [-0.2, 0) is 11.2 Å². The van der Waals surface area contributed by atoms with Gasteiger partial charge in [-0.3, -0.25) is 14.8 Å². The van der Waals surface area contributed by atoms with Crippen LogP contribution in [0.5, 0.6) is 0 Å². The number of hydrogen-bond donors (Lipinski definition) is 1. The first-order valence-corrected chi connectivity index (χ1v) is 12.6. The molecule has 1 N–H and O–H groups in total. The largest absolute Gasteiger partial charge is 0.355 e. The van der Waals surface area contributed by atoms with Gasteiger partial charge in [-0.2, -0.15) is 0 Å². The summed E-state index contributed by atoms with van der Waals surface area (Å²) in [7, 11) is 0. The van der Waals surface area contributed by atoms with Gasteiger partial charge in [-0.15, -0.1) is 0 Å². The molecular formula is C31H27N5O. The van der Waals surface area contributed by atoms with E-state index in [4.69, 9.17) is 4.98 Å². The number of pyridine rings is 1. The average Bonchev–Trinajstić information content (AvgIpc) is 3.44. The Labute approximate surface area is 216 Å². The first-order chi connectivity index (χ1) is 18.2. The second-order valence-corrected chi connectivity index (χ2v) is 9.44. The van der Waals surface area contributed by atoms with Gasteiger partial charge < -0.3 is 10.2 Å². The predicted molar refractivity (Wildman–Crippen MR) is 148 cm³/mol. The summed E-state index contributed by atoms with van der Waals surface area (Å²) in [4.78, 5) is 28.6. The number of aromatic nitrogens is 3. The first kappa shape index (κ1) is 22.9. The molecule has 1 fully saturated rings. The van der Waals surface area contributed by atoms with Crippen molar-refractivity contribution in [2.75, 3.05) is 23.3 Å². The van der Waals surface area contributed by atoms with Crippen LogP contribution in [0.2, 0.25) is 0 Å². The van der Waals surface area contributed by atoms with Crippen molar-refractivity contribution in [3.8, 4) is 11.1 Å². The Morgan fingerprint density at radius 2 is 1.73 bits per heavy atom. The number of anilines is 2. The SMILES string of the molecule is O=C(Cc1ccccc1)Nc1ccc(-c2ccc3ncc(N4CCC(c5cccnc5)C4)nc3c2)cc1. The van der Waals surface area contributed by atoms with Gasteiger partial charge in [-0.1, -0.05) is 54.6 Å². The summed E-state index contributed by atoms with van der Waals surface area (Å²) in [6.45, 7) is 1.87. The minimum atomic E-state index is -0.0276. The van der Waals surface area contributed by atoms with Crippen molar-refractivity contribution in [3.05, 3.63) is 115 Å². The molecule has 1 unspecified atom stereocenters. The van der Waals surface area contributed by atoms with Crippen LogP contribution in [0.3, 0.4) is 0 Å². The summed E-state index contributed by atoms with van der Waals surface area (Å²) in [5, 5.41) is 2.98. The highest BCUT2D eigenvalue weighted by Gasteiger charge is 2.25. The van der Waals surface area contributed by atoms with Gasteiger partial charge in [-0.05, 0) is 59.0 Å². The summed E-state index contributed by atoms with van der Waals surface area (Å²) in [6, 6.07) is 28.0. The fraction of sp³-hybridized carbons (Fsp3) is 0.161. The molecule has 1 amide bonds. The second kappa shape index (κ2) is 10.2. The average molecular weight is 486 g/mol. The molecule has 0 spiro atoms. The Morgan fingerprint density at radius 1 is 0.892 bits per heavy atom. The van der Waals surface area contributed by atoms with Crippen LogP contribution in [-0.4, -0.2) is 33.9 Å². The third kappa shape index (κ3) is 5.19. The molecule has 0 bridgehead atoms. The number of carbonyl (C=O) groups excluding carboxylic acids is 1. The lowest BCUT2D eigenvalue weighted by atomic mass is 10.0. The molecule has 1 aliphatic heterocycles. The third-order valence-electron chi connectivity index (χ3n) is 6.91. The molecule has 1 atom stereocenters. The van der Waals surface area contributed by atoms with Crippen LogP contribution in [0.4, 0.5) is 11.5 Å².